The summed E-state index contributed by atoms with van der Waals surface area (Å²) in [6, 6.07) is 7.95. The Bertz CT molecular complexity index is 517. The number of rotatable bonds is 4. The van der Waals surface area contributed by atoms with Gasteiger partial charge in [0, 0.05) is 11.1 Å². The Morgan fingerprint density at radius 3 is 2.76 bits per heavy atom. The summed E-state index contributed by atoms with van der Waals surface area (Å²) in [5.41, 5.74) is 6.49. The molecule has 2 aliphatic carbocycles. The highest BCUT2D eigenvalue weighted by atomic mass is 35.5. The largest absolute Gasteiger partial charge is 0.352 e. The molecule has 1 aromatic carbocycles. The maximum Gasteiger partial charge on any atom is 0.230 e. The zero-order valence-electron chi connectivity index (χ0n) is 12.0. The van der Waals surface area contributed by atoms with Gasteiger partial charge in [-0.1, -0.05) is 30.2 Å². The van der Waals surface area contributed by atoms with Gasteiger partial charge in [0.2, 0.25) is 5.91 Å². The van der Waals surface area contributed by atoms with Crippen LogP contribution in [0, 0.1) is 5.92 Å². The van der Waals surface area contributed by atoms with Gasteiger partial charge in [-0.25, -0.2) is 0 Å². The molecule has 0 bridgehead atoms. The summed E-state index contributed by atoms with van der Waals surface area (Å²) in [7, 11) is 0. The van der Waals surface area contributed by atoms with Crippen molar-refractivity contribution in [3.63, 3.8) is 0 Å². The molecule has 0 aliphatic heterocycles. The average Bonchev–Trinajstić information content (AvgIpc) is 3.14. The van der Waals surface area contributed by atoms with Crippen LogP contribution >= 0.6 is 24.0 Å². The van der Waals surface area contributed by atoms with E-state index in [0.717, 1.165) is 37.7 Å². The minimum absolute atomic E-state index is 0. The molecule has 3 N–H and O–H groups in total. The molecule has 3 rings (SSSR count). The molecule has 0 heterocycles. The van der Waals surface area contributed by atoms with Crippen LogP contribution in [-0.2, 0) is 10.2 Å². The van der Waals surface area contributed by atoms with Gasteiger partial charge in [0.25, 0.3) is 0 Å². The second kappa shape index (κ2) is 6.55. The molecule has 0 saturated heterocycles. The molecular weight excluding hydrogens is 307 g/mol. The summed E-state index contributed by atoms with van der Waals surface area (Å²) in [5, 5.41) is 3.94. The standard InChI is InChI=1S/C16H21ClN2O.ClH/c17-13-5-2-4-12(9-13)16(7-8-16)15(20)19-14-6-1-3-11(14)10-18;/h2,4-5,9,11,14H,1,3,6-8,10,18H2,(H,19,20);1H. The highest BCUT2D eigenvalue weighted by Gasteiger charge is 2.52. The third kappa shape index (κ3) is 3.20. The fourth-order valence-corrected chi connectivity index (χ4v) is 3.56. The van der Waals surface area contributed by atoms with Crippen molar-refractivity contribution in [3.05, 3.63) is 34.9 Å². The zero-order chi connectivity index (χ0) is 14.2. The molecule has 2 fully saturated rings. The predicted molar refractivity (Wildman–Crippen MR) is 87.9 cm³/mol. The summed E-state index contributed by atoms with van der Waals surface area (Å²) in [5.74, 6) is 0.597. The fraction of sp³-hybridized carbons (Fsp3) is 0.562. The number of benzene rings is 1. The molecule has 2 unspecified atom stereocenters. The van der Waals surface area contributed by atoms with Crippen molar-refractivity contribution in [2.24, 2.45) is 11.7 Å². The first-order chi connectivity index (χ1) is 9.65. The topological polar surface area (TPSA) is 55.1 Å². The maximum absolute atomic E-state index is 12.7. The second-order valence-electron chi connectivity index (χ2n) is 6.10. The number of amides is 1. The number of carbonyl (C=O) groups excluding carboxylic acids is 1. The molecule has 0 radical (unpaired) electrons. The molecule has 2 saturated carbocycles. The molecule has 2 atom stereocenters. The van der Waals surface area contributed by atoms with Crippen molar-refractivity contribution >= 4 is 29.9 Å². The number of nitrogens with one attached hydrogen (secondary N) is 1. The summed E-state index contributed by atoms with van der Waals surface area (Å²) in [6.45, 7) is 0.662. The van der Waals surface area contributed by atoms with Crippen LogP contribution in [0.4, 0.5) is 0 Å². The number of nitrogens with two attached hydrogens (primary N) is 1. The molecule has 2 aliphatic rings. The lowest BCUT2D eigenvalue weighted by Crippen LogP contribution is -2.44. The molecule has 0 spiro atoms. The van der Waals surface area contributed by atoms with Gasteiger partial charge >= 0.3 is 0 Å². The number of hydrogen-bond acceptors (Lipinski definition) is 2. The SMILES string of the molecule is Cl.NCC1CCCC1NC(=O)C1(c2cccc(Cl)c2)CC1. The average molecular weight is 329 g/mol. The Balaban J connectivity index is 0.00000161. The van der Waals surface area contributed by atoms with E-state index in [1.807, 2.05) is 24.3 Å². The van der Waals surface area contributed by atoms with Crippen molar-refractivity contribution in [2.45, 2.75) is 43.6 Å². The van der Waals surface area contributed by atoms with Crippen molar-refractivity contribution < 1.29 is 4.79 Å². The summed E-state index contributed by atoms with van der Waals surface area (Å²) < 4.78 is 0. The van der Waals surface area contributed by atoms with Gasteiger partial charge < -0.3 is 11.1 Å². The summed E-state index contributed by atoms with van der Waals surface area (Å²) >= 11 is 6.05. The van der Waals surface area contributed by atoms with Crippen LogP contribution in [0.15, 0.2) is 24.3 Å². The van der Waals surface area contributed by atoms with E-state index < -0.39 is 0 Å². The first-order valence-electron chi connectivity index (χ1n) is 7.43. The number of hydrogen-bond donors (Lipinski definition) is 2. The Morgan fingerprint density at radius 1 is 1.38 bits per heavy atom. The molecule has 1 amide bonds. The van der Waals surface area contributed by atoms with E-state index in [0.29, 0.717) is 17.5 Å². The van der Waals surface area contributed by atoms with Crippen molar-refractivity contribution in [1.29, 1.82) is 0 Å². The predicted octanol–water partition coefficient (Wildman–Crippen LogP) is 3.04. The van der Waals surface area contributed by atoms with Crippen LogP contribution in [0.2, 0.25) is 5.02 Å². The zero-order valence-corrected chi connectivity index (χ0v) is 13.6. The van der Waals surface area contributed by atoms with Crippen LogP contribution in [0.25, 0.3) is 0 Å². The lowest BCUT2D eigenvalue weighted by atomic mass is 9.93. The first kappa shape index (κ1) is 16.6. The van der Waals surface area contributed by atoms with E-state index >= 15 is 0 Å². The van der Waals surface area contributed by atoms with Crippen LogP contribution < -0.4 is 11.1 Å². The molecule has 3 nitrogen and oxygen atoms in total. The van der Waals surface area contributed by atoms with Crippen LogP contribution in [0.3, 0.4) is 0 Å². The maximum atomic E-state index is 12.7. The van der Waals surface area contributed by atoms with Crippen molar-refractivity contribution in [1.82, 2.24) is 5.32 Å². The van der Waals surface area contributed by atoms with E-state index in [1.54, 1.807) is 0 Å². The quantitative estimate of drug-likeness (QED) is 0.892. The second-order valence-corrected chi connectivity index (χ2v) is 6.54. The van der Waals surface area contributed by atoms with Crippen molar-refractivity contribution in [3.8, 4) is 0 Å². The summed E-state index contributed by atoms with van der Waals surface area (Å²) in [4.78, 5) is 12.7. The first-order valence-corrected chi connectivity index (χ1v) is 7.80. The number of carbonyl (C=O) groups is 1. The van der Waals surface area contributed by atoms with Crippen LogP contribution in [0.5, 0.6) is 0 Å². The van der Waals surface area contributed by atoms with Crippen molar-refractivity contribution in [2.75, 3.05) is 6.54 Å². The molecular formula is C16H22Cl2N2O. The van der Waals surface area contributed by atoms with Gasteiger partial charge in [-0.2, -0.15) is 0 Å². The normalized spacial score (nSPS) is 26.0. The summed E-state index contributed by atoms with van der Waals surface area (Å²) in [6.07, 6.45) is 5.18. The van der Waals surface area contributed by atoms with Gasteiger partial charge in [0.15, 0.2) is 0 Å². The van der Waals surface area contributed by atoms with E-state index in [2.05, 4.69) is 5.32 Å². The van der Waals surface area contributed by atoms with Gasteiger partial charge in [-0.05, 0) is 55.8 Å². The highest BCUT2D eigenvalue weighted by molar-refractivity contribution is 6.30. The lowest BCUT2D eigenvalue weighted by molar-refractivity contribution is -0.124. The van der Waals surface area contributed by atoms with Crippen LogP contribution in [-0.4, -0.2) is 18.5 Å². The van der Waals surface area contributed by atoms with Gasteiger partial charge in [0.1, 0.15) is 0 Å². The molecule has 116 valence electrons. The third-order valence-electron chi connectivity index (χ3n) is 4.84. The Labute approximate surface area is 137 Å². The van der Waals surface area contributed by atoms with E-state index in [4.69, 9.17) is 17.3 Å². The molecule has 0 aromatic heterocycles. The monoisotopic (exact) mass is 328 g/mol. The third-order valence-corrected chi connectivity index (χ3v) is 5.08. The Hall–Kier alpha value is -0.770. The van der Waals surface area contributed by atoms with Gasteiger partial charge in [-0.3, -0.25) is 4.79 Å². The van der Waals surface area contributed by atoms with Crippen LogP contribution in [0.1, 0.15) is 37.7 Å². The Kier molecular flexibility index (Phi) is 5.18. The lowest BCUT2D eigenvalue weighted by Gasteiger charge is -2.23. The minimum atomic E-state index is -0.341. The molecule has 1 aromatic rings. The molecule has 5 heteroatoms. The van der Waals surface area contributed by atoms with E-state index in [1.165, 1.54) is 0 Å². The highest BCUT2D eigenvalue weighted by Crippen LogP contribution is 2.49. The van der Waals surface area contributed by atoms with Gasteiger partial charge in [-0.15, -0.1) is 12.4 Å². The van der Waals surface area contributed by atoms with E-state index in [9.17, 15) is 4.79 Å². The number of halogens is 2. The van der Waals surface area contributed by atoms with E-state index in [-0.39, 0.29) is 29.8 Å². The molecule has 21 heavy (non-hydrogen) atoms. The van der Waals surface area contributed by atoms with Gasteiger partial charge in [0.05, 0.1) is 5.41 Å². The minimum Gasteiger partial charge on any atom is -0.352 e. The fourth-order valence-electron chi connectivity index (χ4n) is 3.37. The smallest absolute Gasteiger partial charge is 0.230 e. The Morgan fingerprint density at radius 2 is 2.14 bits per heavy atom.